The van der Waals surface area contributed by atoms with Gasteiger partial charge in [0, 0.05) is 11.9 Å². The lowest BCUT2D eigenvalue weighted by atomic mass is 10.3. The number of alkyl halides is 1. The topological polar surface area (TPSA) is 20.2 Å². The predicted octanol–water partition coefficient (Wildman–Crippen LogP) is 1.32. The minimum atomic E-state index is 0.213. The smallest absolute Gasteiger partial charge is 0.0468 e. The van der Waals surface area contributed by atoms with Gasteiger partial charge in [0.1, 0.15) is 0 Å². The van der Waals surface area contributed by atoms with E-state index in [0.717, 1.165) is 10.9 Å². The summed E-state index contributed by atoms with van der Waals surface area (Å²) in [4.78, 5) is 0. The molecule has 0 saturated heterocycles. The lowest BCUT2D eigenvalue weighted by Gasteiger charge is -1.92. The van der Waals surface area contributed by atoms with E-state index >= 15 is 0 Å². The lowest BCUT2D eigenvalue weighted by molar-refractivity contribution is 0.299. The van der Waals surface area contributed by atoms with Crippen molar-refractivity contribution in [1.29, 1.82) is 0 Å². The van der Waals surface area contributed by atoms with Crippen molar-refractivity contribution in [2.24, 2.45) is 0 Å². The van der Waals surface area contributed by atoms with Crippen molar-refractivity contribution in [3.8, 4) is 0 Å². The van der Waals surface area contributed by atoms with Gasteiger partial charge in [-0.05, 0) is 6.42 Å². The maximum absolute atomic E-state index is 8.29. The van der Waals surface area contributed by atoms with Crippen molar-refractivity contribution in [3.05, 3.63) is 12.2 Å². The monoisotopic (exact) mass is 164 g/mol. The van der Waals surface area contributed by atoms with Gasteiger partial charge in [0.15, 0.2) is 0 Å². The lowest BCUT2D eigenvalue weighted by Crippen LogP contribution is -1.86. The number of aliphatic hydroxyl groups excluding tert-OH is 1. The Balaban J connectivity index is 3.00. The van der Waals surface area contributed by atoms with Gasteiger partial charge in [0.25, 0.3) is 0 Å². The van der Waals surface area contributed by atoms with E-state index in [9.17, 15) is 0 Å². The van der Waals surface area contributed by atoms with E-state index in [0.29, 0.717) is 6.42 Å². The van der Waals surface area contributed by atoms with Crippen molar-refractivity contribution in [1.82, 2.24) is 0 Å². The van der Waals surface area contributed by atoms with Crippen LogP contribution in [0.3, 0.4) is 0 Å². The molecule has 42 valence electrons. The molecule has 2 heteroatoms. The minimum absolute atomic E-state index is 0.213. The van der Waals surface area contributed by atoms with Crippen LogP contribution in [-0.2, 0) is 0 Å². The highest BCUT2D eigenvalue weighted by molar-refractivity contribution is 9.09. The van der Waals surface area contributed by atoms with Crippen molar-refractivity contribution in [2.45, 2.75) is 6.42 Å². The van der Waals surface area contributed by atoms with Crippen molar-refractivity contribution < 1.29 is 5.11 Å². The Labute approximate surface area is 52.2 Å². The van der Waals surface area contributed by atoms with Gasteiger partial charge >= 0.3 is 0 Å². The van der Waals surface area contributed by atoms with Crippen molar-refractivity contribution >= 4 is 15.9 Å². The van der Waals surface area contributed by atoms with Crippen molar-refractivity contribution in [2.75, 3.05) is 11.9 Å². The third-order valence-corrected chi connectivity index (χ3v) is 1.45. The first kappa shape index (κ1) is 7.18. The van der Waals surface area contributed by atoms with E-state index < -0.39 is 0 Å². The molecule has 0 spiro atoms. The molecule has 1 N–H and O–H groups in total. The summed E-state index contributed by atoms with van der Waals surface area (Å²) in [5.41, 5.74) is 1.04. The normalized spacial score (nSPS) is 8.86. The zero-order chi connectivity index (χ0) is 5.70. The average Bonchev–Trinajstić information content (AvgIpc) is 1.68. The third kappa shape index (κ3) is 4.02. The number of hydrogen-bond acceptors (Lipinski definition) is 1. The van der Waals surface area contributed by atoms with Crippen LogP contribution in [0.5, 0.6) is 0 Å². The van der Waals surface area contributed by atoms with Crippen LogP contribution < -0.4 is 0 Å². The summed E-state index contributed by atoms with van der Waals surface area (Å²) >= 11 is 3.21. The summed E-state index contributed by atoms with van der Waals surface area (Å²) in [6.45, 7) is 3.87. The first-order valence-electron chi connectivity index (χ1n) is 2.14. The molecule has 0 radical (unpaired) electrons. The standard InChI is InChI=1S/C5H9BrO/c1-5(4-6)2-3-7/h7H,1-4H2. The highest BCUT2D eigenvalue weighted by Gasteiger charge is 1.85. The molecule has 0 aliphatic carbocycles. The average molecular weight is 165 g/mol. The van der Waals surface area contributed by atoms with E-state index in [-0.39, 0.29) is 6.61 Å². The molecule has 0 atom stereocenters. The molecule has 0 aromatic carbocycles. The van der Waals surface area contributed by atoms with Crippen LogP contribution >= 0.6 is 15.9 Å². The highest BCUT2D eigenvalue weighted by Crippen LogP contribution is 1.99. The Morgan fingerprint density at radius 2 is 2.29 bits per heavy atom. The molecule has 0 bridgehead atoms. The van der Waals surface area contributed by atoms with Gasteiger partial charge in [-0.25, -0.2) is 0 Å². The van der Waals surface area contributed by atoms with Gasteiger partial charge in [0.05, 0.1) is 0 Å². The van der Waals surface area contributed by atoms with E-state index in [1.807, 2.05) is 0 Å². The Kier molecular flexibility index (Phi) is 4.45. The van der Waals surface area contributed by atoms with Crippen LogP contribution in [0.15, 0.2) is 12.2 Å². The Hall–Kier alpha value is 0.180. The second-order valence-electron chi connectivity index (χ2n) is 1.36. The molecule has 0 rings (SSSR count). The second-order valence-corrected chi connectivity index (χ2v) is 1.92. The van der Waals surface area contributed by atoms with Crippen LogP contribution in [-0.4, -0.2) is 17.0 Å². The first-order valence-corrected chi connectivity index (χ1v) is 3.27. The zero-order valence-corrected chi connectivity index (χ0v) is 5.74. The summed E-state index contributed by atoms with van der Waals surface area (Å²) in [6.07, 6.45) is 0.714. The number of rotatable bonds is 3. The van der Waals surface area contributed by atoms with Crippen LogP contribution in [0.4, 0.5) is 0 Å². The van der Waals surface area contributed by atoms with Gasteiger partial charge in [0.2, 0.25) is 0 Å². The molecule has 0 aromatic heterocycles. The fourth-order valence-corrected chi connectivity index (χ4v) is 0.505. The van der Waals surface area contributed by atoms with E-state index in [2.05, 4.69) is 22.5 Å². The first-order chi connectivity index (χ1) is 3.31. The quantitative estimate of drug-likeness (QED) is 0.493. The molecule has 0 unspecified atom stereocenters. The molecule has 0 fully saturated rings. The van der Waals surface area contributed by atoms with Crippen LogP contribution in [0.25, 0.3) is 0 Å². The molecule has 0 aliphatic rings. The molecule has 1 nitrogen and oxygen atoms in total. The minimum Gasteiger partial charge on any atom is -0.396 e. The predicted molar refractivity (Wildman–Crippen MR) is 34.6 cm³/mol. The fourth-order valence-electron chi connectivity index (χ4n) is 0.225. The van der Waals surface area contributed by atoms with Crippen molar-refractivity contribution in [3.63, 3.8) is 0 Å². The SMILES string of the molecule is C=C(CBr)CCO. The molecular formula is C5H9BrO. The van der Waals surface area contributed by atoms with Gasteiger partial charge in [-0.3, -0.25) is 0 Å². The van der Waals surface area contributed by atoms with Crippen LogP contribution in [0, 0.1) is 0 Å². The number of hydrogen-bond donors (Lipinski definition) is 1. The van der Waals surface area contributed by atoms with Gasteiger partial charge in [-0.15, -0.1) is 0 Å². The zero-order valence-electron chi connectivity index (χ0n) is 4.15. The summed E-state index contributed by atoms with van der Waals surface area (Å²) in [6, 6.07) is 0. The van der Waals surface area contributed by atoms with Gasteiger partial charge in [-0.2, -0.15) is 0 Å². The molecular weight excluding hydrogens is 156 g/mol. The maximum atomic E-state index is 8.29. The molecule has 0 aliphatic heterocycles. The van der Waals surface area contributed by atoms with Crippen LogP contribution in [0.1, 0.15) is 6.42 Å². The maximum Gasteiger partial charge on any atom is 0.0468 e. The fraction of sp³-hybridized carbons (Fsp3) is 0.600. The molecule has 0 aromatic rings. The Morgan fingerprint density at radius 3 is 2.43 bits per heavy atom. The molecule has 7 heavy (non-hydrogen) atoms. The Morgan fingerprint density at radius 1 is 1.71 bits per heavy atom. The molecule has 0 amide bonds. The summed E-state index contributed by atoms with van der Waals surface area (Å²) in [5, 5.41) is 9.09. The van der Waals surface area contributed by atoms with E-state index in [4.69, 9.17) is 5.11 Å². The van der Waals surface area contributed by atoms with Gasteiger partial charge in [-0.1, -0.05) is 28.1 Å². The van der Waals surface area contributed by atoms with E-state index in [1.165, 1.54) is 0 Å². The number of halogens is 1. The second kappa shape index (κ2) is 4.34. The van der Waals surface area contributed by atoms with Crippen LogP contribution in [0.2, 0.25) is 0 Å². The summed E-state index contributed by atoms with van der Waals surface area (Å²) in [5.74, 6) is 0. The summed E-state index contributed by atoms with van der Waals surface area (Å²) in [7, 11) is 0. The number of aliphatic hydroxyl groups is 1. The van der Waals surface area contributed by atoms with E-state index in [1.54, 1.807) is 0 Å². The molecule has 0 heterocycles. The highest BCUT2D eigenvalue weighted by atomic mass is 79.9. The largest absolute Gasteiger partial charge is 0.396 e. The Bertz CT molecular complexity index is 61.1. The third-order valence-electron chi connectivity index (χ3n) is 0.654. The summed E-state index contributed by atoms with van der Waals surface area (Å²) < 4.78 is 0. The molecule has 0 saturated carbocycles. The van der Waals surface area contributed by atoms with Gasteiger partial charge < -0.3 is 5.11 Å².